The van der Waals surface area contributed by atoms with Crippen molar-refractivity contribution in [1.82, 2.24) is 25.0 Å². The summed E-state index contributed by atoms with van der Waals surface area (Å²) in [6.07, 6.45) is -4.37. The number of aromatic nitrogens is 4. The summed E-state index contributed by atoms with van der Waals surface area (Å²) in [5.41, 5.74) is 0.739. The van der Waals surface area contributed by atoms with Gasteiger partial charge in [-0.1, -0.05) is 31.1 Å². The van der Waals surface area contributed by atoms with Gasteiger partial charge in [-0.15, -0.1) is 0 Å². The van der Waals surface area contributed by atoms with Gasteiger partial charge in [0, 0.05) is 49.4 Å². The van der Waals surface area contributed by atoms with Gasteiger partial charge in [0.2, 0.25) is 11.7 Å². The van der Waals surface area contributed by atoms with Crippen LogP contribution in [0.4, 0.5) is 19.0 Å². The molecule has 1 aliphatic heterocycles. The van der Waals surface area contributed by atoms with E-state index < -0.39 is 11.7 Å². The van der Waals surface area contributed by atoms with Gasteiger partial charge < -0.3 is 9.42 Å². The van der Waals surface area contributed by atoms with Crippen LogP contribution >= 0.6 is 0 Å². The Morgan fingerprint density at radius 2 is 1.69 bits per heavy atom. The number of hydrogen-bond donors (Lipinski definition) is 0. The van der Waals surface area contributed by atoms with Gasteiger partial charge in [-0.3, -0.25) is 4.90 Å². The van der Waals surface area contributed by atoms with Crippen molar-refractivity contribution >= 4 is 5.82 Å². The van der Waals surface area contributed by atoms with E-state index in [1.165, 1.54) is 12.1 Å². The van der Waals surface area contributed by atoms with Crippen LogP contribution in [0, 0.1) is 6.92 Å². The first-order chi connectivity index (χ1) is 15.2. The van der Waals surface area contributed by atoms with Crippen LogP contribution in [0.1, 0.15) is 42.7 Å². The second-order valence-electron chi connectivity index (χ2n) is 8.23. The predicted molar refractivity (Wildman–Crippen MR) is 113 cm³/mol. The van der Waals surface area contributed by atoms with Gasteiger partial charge in [0.15, 0.2) is 0 Å². The van der Waals surface area contributed by atoms with Gasteiger partial charge in [-0.05, 0) is 19.1 Å². The standard InChI is InChI=1S/C22H25F3N6O/c1-14(2)20-26-15(3)12-18(27-20)31-10-8-30(9-11-31)13-19-28-21(29-32-19)16-4-6-17(7-5-16)22(23,24)25/h4-7,12,14H,8-11,13H2,1-3H3. The van der Waals surface area contributed by atoms with Gasteiger partial charge in [-0.25, -0.2) is 9.97 Å². The van der Waals surface area contributed by atoms with Crippen molar-refractivity contribution in [1.29, 1.82) is 0 Å². The van der Waals surface area contributed by atoms with Crippen LogP contribution < -0.4 is 4.90 Å². The summed E-state index contributed by atoms with van der Waals surface area (Å²) in [6, 6.07) is 6.75. The lowest BCUT2D eigenvalue weighted by molar-refractivity contribution is -0.137. The number of alkyl halides is 3. The third-order valence-corrected chi connectivity index (χ3v) is 5.37. The Bertz CT molecular complexity index is 1060. The zero-order valence-corrected chi connectivity index (χ0v) is 18.2. The van der Waals surface area contributed by atoms with E-state index in [2.05, 4.69) is 38.8 Å². The monoisotopic (exact) mass is 446 g/mol. The lowest BCUT2D eigenvalue weighted by atomic mass is 10.1. The molecule has 0 radical (unpaired) electrons. The normalized spacial score (nSPS) is 15.5. The fraction of sp³-hybridized carbons (Fsp3) is 0.455. The molecule has 32 heavy (non-hydrogen) atoms. The third-order valence-electron chi connectivity index (χ3n) is 5.37. The number of rotatable bonds is 5. The highest BCUT2D eigenvalue weighted by Crippen LogP contribution is 2.30. The van der Waals surface area contributed by atoms with Crippen LogP contribution in [0.15, 0.2) is 34.9 Å². The Hall–Kier alpha value is -3.01. The quantitative estimate of drug-likeness (QED) is 0.579. The molecular weight excluding hydrogens is 421 g/mol. The van der Waals surface area contributed by atoms with E-state index in [4.69, 9.17) is 9.51 Å². The number of nitrogens with zero attached hydrogens (tertiary/aromatic N) is 6. The lowest BCUT2D eigenvalue weighted by Gasteiger charge is -2.34. The van der Waals surface area contributed by atoms with Gasteiger partial charge >= 0.3 is 6.18 Å². The molecule has 0 amide bonds. The van der Waals surface area contributed by atoms with E-state index in [9.17, 15) is 13.2 Å². The maximum atomic E-state index is 12.7. The van der Waals surface area contributed by atoms with Crippen LogP contribution in [0.5, 0.6) is 0 Å². The molecule has 0 spiro atoms. The fourth-order valence-electron chi connectivity index (χ4n) is 3.57. The predicted octanol–water partition coefficient (Wildman–Crippen LogP) is 4.30. The Labute approximate surface area is 184 Å². The summed E-state index contributed by atoms with van der Waals surface area (Å²) < 4.78 is 43.5. The average molecular weight is 446 g/mol. The van der Waals surface area contributed by atoms with E-state index in [0.717, 1.165) is 55.6 Å². The first-order valence-electron chi connectivity index (χ1n) is 10.5. The topological polar surface area (TPSA) is 71.2 Å². The number of benzene rings is 1. The number of anilines is 1. The Morgan fingerprint density at radius 1 is 1.00 bits per heavy atom. The molecule has 0 unspecified atom stereocenters. The van der Waals surface area contributed by atoms with Gasteiger partial charge in [0.25, 0.3) is 0 Å². The molecule has 1 fully saturated rings. The average Bonchev–Trinajstić information content (AvgIpc) is 3.22. The summed E-state index contributed by atoms with van der Waals surface area (Å²) in [6.45, 7) is 9.87. The smallest absolute Gasteiger partial charge is 0.354 e. The molecule has 0 atom stereocenters. The highest BCUT2D eigenvalue weighted by Gasteiger charge is 2.30. The number of aryl methyl sites for hydroxylation is 1. The first-order valence-corrected chi connectivity index (χ1v) is 10.5. The molecule has 1 aliphatic rings. The summed E-state index contributed by atoms with van der Waals surface area (Å²) in [4.78, 5) is 18.0. The van der Waals surface area contributed by atoms with Crippen molar-refractivity contribution in [3.8, 4) is 11.4 Å². The second kappa shape index (κ2) is 8.85. The minimum atomic E-state index is -4.37. The zero-order valence-electron chi connectivity index (χ0n) is 18.2. The van der Waals surface area contributed by atoms with E-state index in [1.807, 2.05) is 13.0 Å². The highest BCUT2D eigenvalue weighted by atomic mass is 19.4. The van der Waals surface area contributed by atoms with Crippen LogP contribution in [-0.4, -0.2) is 51.2 Å². The van der Waals surface area contributed by atoms with Crippen molar-refractivity contribution < 1.29 is 17.7 Å². The number of halogens is 3. The van der Waals surface area contributed by atoms with E-state index in [1.54, 1.807) is 0 Å². The molecule has 0 bridgehead atoms. The van der Waals surface area contributed by atoms with Gasteiger partial charge in [0.1, 0.15) is 11.6 Å². The lowest BCUT2D eigenvalue weighted by Crippen LogP contribution is -2.46. The van der Waals surface area contributed by atoms with Crippen molar-refractivity contribution in [3.63, 3.8) is 0 Å². The van der Waals surface area contributed by atoms with Gasteiger partial charge in [-0.2, -0.15) is 18.2 Å². The zero-order chi connectivity index (χ0) is 22.9. The molecule has 7 nitrogen and oxygen atoms in total. The third kappa shape index (κ3) is 5.07. The van der Waals surface area contributed by atoms with Crippen molar-refractivity contribution in [2.45, 2.75) is 39.4 Å². The molecule has 0 saturated carbocycles. The second-order valence-corrected chi connectivity index (χ2v) is 8.23. The summed E-state index contributed by atoms with van der Waals surface area (Å²) in [5, 5.41) is 3.92. The van der Waals surface area contributed by atoms with E-state index in [0.29, 0.717) is 18.0 Å². The molecule has 0 aliphatic carbocycles. The summed E-state index contributed by atoms with van der Waals surface area (Å²) in [5.74, 6) is 2.79. The van der Waals surface area contributed by atoms with Crippen molar-refractivity contribution in [2.24, 2.45) is 0 Å². The minimum Gasteiger partial charge on any atom is -0.354 e. The molecule has 3 aromatic rings. The molecule has 170 valence electrons. The van der Waals surface area contributed by atoms with Crippen molar-refractivity contribution in [2.75, 3.05) is 31.1 Å². The Kier molecular flexibility index (Phi) is 6.14. The molecule has 0 N–H and O–H groups in total. The van der Waals surface area contributed by atoms with Crippen LogP contribution in [0.2, 0.25) is 0 Å². The van der Waals surface area contributed by atoms with Gasteiger partial charge in [0.05, 0.1) is 12.1 Å². The SMILES string of the molecule is Cc1cc(N2CCN(Cc3nc(-c4ccc(C(F)(F)F)cc4)no3)CC2)nc(C(C)C)n1. The van der Waals surface area contributed by atoms with Crippen LogP contribution in [-0.2, 0) is 12.7 Å². The molecule has 3 heterocycles. The largest absolute Gasteiger partial charge is 0.416 e. The number of hydrogen-bond acceptors (Lipinski definition) is 7. The molecular formula is C22H25F3N6O. The first kappa shape index (κ1) is 22.2. The Morgan fingerprint density at radius 3 is 2.31 bits per heavy atom. The molecule has 2 aromatic heterocycles. The minimum absolute atomic E-state index is 0.270. The molecule has 4 rings (SSSR count). The summed E-state index contributed by atoms with van der Waals surface area (Å²) >= 11 is 0. The molecule has 1 saturated heterocycles. The maximum absolute atomic E-state index is 12.7. The highest BCUT2D eigenvalue weighted by molar-refractivity contribution is 5.54. The fourth-order valence-corrected chi connectivity index (χ4v) is 3.57. The number of piperazine rings is 1. The molecule has 10 heteroatoms. The van der Waals surface area contributed by atoms with Crippen molar-refractivity contribution in [3.05, 3.63) is 53.3 Å². The maximum Gasteiger partial charge on any atom is 0.416 e. The van der Waals surface area contributed by atoms with Crippen LogP contribution in [0.25, 0.3) is 11.4 Å². The molecule has 1 aromatic carbocycles. The van der Waals surface area contributed by atoms with E-state index >= 15 is 0 Å². The Balaban J connectivity index is 1.36. The summed E-state index contributed by atoms with van der Waals surface area (Å²) in [7, 11) is 0. The van der Waals surface area contributed by atoms with E-state index in [-0.39, 0.29) is 11.7 Å². The van der Waals surface area contributed by atoms with Crippen LogP contribution in [0.3, 0.4) is 0 Å².